The molecular weight excluding hydrogens is 320 g/mol. The van der Waals surface area contributed by atoms with Gasteiger partial charge >= 0.3 is 0 Å². The van der Waals surface area contributed by atoms with Crippen molar-refractivity contribution in [1.82, 2.24) is 25.0 Å². The van der Waals surface area contributed by atoms with Crippen LogP contribution >= 0.6 is 11.3 Å². The van der Waals surface area contributed by atoms with Crippen LogP contribution in [0.15, 0.2) is 18.2 Å². The van der Waals surface area contributed by atoms with E-state index in [4.69, 9.17) is 10.7 Å². The molecule has 1 saturated heterocycles. The fourth-order valence-corrected chi connectivity index (χ4v) is 4.30. The van der Waals surface area contributed by atoms with Crippen LogP contribution < -0.4 is 5.73 Å². The molecule has 4 rings (SSSR count). The molecule has 1 fully saturated rings. The average Bonchev–Trinajstić information content (AvgIpc) is 3.12. The minimum atomic E-state index is 0.587. The molecule has 6 nitrogen and oxygen atoms in total. The van der Waals surface area contributed by atoms with Crippen LogP contribution in [-0.2, 0) is 6.54 Å². The maximum absolute atomic E-state index is 6.00. The van der Waals surface area contributed by atoms with E-state index in [0.717, 1.165) is 54.5 Å². The number of likely N-dealkylation sites (N-methyl/N-ethyl adjacent to an activating group) is 1. The van der Waals surface area contributed by atoms with Crippen LogP contribution in [0.25, 0.3) is 20.8 Å². The number of nitrogens with zero attached hydrogens (tertiary/aromatic N) is 4. The summed E-state index contributed by atoms with van der Waals surface area (Å²) in [4.78, 5) is 9.63. The summed E-state index contributed by atoms with van der Waals surface area (Å²) in [5, 5.41) is 7.94. The summed E-state index contributed by atoms with van der Waals surface area (Å²) in [7, 11) is 2.19. The minimum absolute atomic E-state index is 0.587. The third-order valence-electron chi connectivity index (χ3n) is 4.64. The molecule has 24 heavy (non-hydrogen) atoms. The Bertz CT molecular complexity index is 840. The summed E-state index contributed by atoms with van der Waals surface area (Å²) >= 11 is 1.68. The Morgan fingerprint density at radius 1 is 1.25 bits per heavy atom. The number of thiazole rings is 1. The average molecular weight is 342 g/mol. The van der Waals surface area contributed by atoms with Gasteiger partial charge in [0.05, 0.1) is 21.5 Å². The molecule has 0 radical (unpaired) electrons. The van der Waals surface area contributed by atoms with Crippen LogP contribution in [-0.4, -0.2) is 58.2 Å². The zero-order chi connectivity index (χ0) is 16.7. The molecule has 0 unspecified atom stereocenters. The monoisotopic (exact) mass is 342 g/mol. The van der Waals surface area contributed by atoms with Crippen LogP contribution in [0.2, 0.25) is 0 Å². The predicted octanol–water partition coefficient (Wildman–Crippen LogP) is 2.32. The van der Waals surface area contributed by atoms with Crippen molar-refractivity contribution in [2.45, 2.75) is 13.5 Å². The van der Waals surface area contributed by atoms with E-state index in [1.807, 2.05) is 6.92 Å². The first-order chi connectivity index (χ1) is 11.6. The number of aromatic nitrogens is 3. The fraction of sp³-hybridized carbons (Fsp3) is 0.412. The van der Waals surface area contributed by atoms with Gasteiger partial charge in [-0.15, -0.1) is 11.3 Å². The molecule has 3 aromatic rings. The molecule has 0 atom stereocenters. The van der Waals surface area contributed by atoms with Crippen LogP contribution in [0.5, 0.6) is 0 Å². The van der Waals surface area contributed by atoms with E-state index in [0.29, 0.717) is 5.82 Å². The Balaban J connectivity index is 1.59. The van der Waals surface area contributed by atoms with Crippen molar-refractivity contribution in [3.63, 3.8) is 0 Å². The highest BCUT2D eigenvalue weighted by Gasteiger charge is 2.16. The largest absolute Gasteiger partial charge is 0.383 e. The van der Waals surface area contributed by atoms with Gasteiger partial charge in [0, 0.05) is 32.7 Å². The predicted molar refractivity (Wildman–Crippen MR) is 99.1 cm³/mol. The van der Waals surface area contributed by atoms with E-state index >= 15 is 0 Å². The number of rotatable bonds is 3. The highest BCUT2D eigenvalue weighted by Crippen LogP contribution is 2.34. The molecule has 0 spiro atoms. The summed E-state index contributed by atoms with van der Waals surface area (Å²) in [6.45, 7) is 7.51. The lowest BCUT2D eigenvalue weighted by Crippen LogP contribution is -2.43. The number of hydrogen-bond acceptors (Lipinski definition) is 6. The SMILES string of the molecule is Cc1n[nH]c(N)c1-c1nc2ccc(CN3CCN(C)CC3)cc2s1. The number of nitrogens with two attached hydrogens (primary N) is 1. The van der Waals surface area contributed by atoms with Gasteiger partial charge in [-0.05, 0) is 31.7 Å². The number of piperazine rings is 1. The lowest BCUT2D eigenvalue weighted by atomic mass is 10.2. The van der Waals surface area contributed by atoms with Crippen LogP contribution in [0.1, 0.15) is 11.3 Å². The van der Waals surface area contributed by atoms with E-state index in [-0.39, 0.29) is 0 Å². The molecule has 1 aliphatic rings. The van der Waals surface area contributed by atoms with Crippen LogP contribution in [0, 0.1) is 6.92 Å². The first-order valence-electron chi connectivity index (χ1n) is 8.21. The quantitative estimate of drug-likeness (QED) is 0.764. The molecule has 3 heterocycles. The van der Waals surface area contributed by atoms with Crippen molar-refractivity contribution in [3.8, 4) is 10.6 Å². The number of aromatic amines is 1. The van der Waals surface area contributed by atoms with Gasteiger partial charge in [0.25, 0.3) is 0 Å². The summed E-state index contributed by atoms with van der Waals surface area (Å²) in [5.41, 5.74) is 10.2. The number of H-pyrrole nitrogens is 1. The van der Waals surface area contributed by atoms with E-state index < -0.39 is 0 Å². The number of nitrogens with one attached hydrogen (secondary N) is 1. The molecule has 0 saturated carbocycles. The van der Waals surface area contributed by atoms with Gasteiger partial charge in [0.1, 0.15) is 10.8 Å². The Kier molecular flexibility index (Phi) is 3.99. The topological polar surface area (TPSA) is 74.1 Å². The van der Waals surface area contributed by atoms with Crippen molar-refractivity contribution < 1.29 is 0 Å². The Morgan fingerprint density at radius 3 is 2.75 bits per heavy atom. The summed E-state index contributed by atoms with van der Waals surface area (Å²) in [6.07, 6.45) is 0. The number of benzene rings is 1. The summed E-state index contributed by atoms with van der Waals surface area (Å²) in [6, 6.07) is 6.57. The van der Waals surface area contributed by atoms with Crippen LogP contribution in [0.3, 0.4) is 0 Å². The molecule has 7 heteroatoms. The van der Waals surface area contributed by atoms with E-state index in [1.54, 1.807) is 11.3 Å². The molecule has 3 N–H and O–H groups in total. The highest BCUT2D eigenvalue weighted by molar-refractivity contribution is 7.21. The second-order valence-electron chi connectivity index (χ2n) is 6.50. The number of aryl methyl sites for hydroxylation is 1. The highest BCUT2D eigenvalue weighted by atomic mass is 32.1. The van der Waals surface area contributed by atoms with Crippen molar-refractivity contribution in [2.24, 2.45) is 0 Å². The van der Waals surface area contributed by atoms with E-state index in [1.165, 1.54) is 10.3 Å². The molecule has 1 aliphatic heterocycles. The van der Waals surface area contributed by atoms with Gasteiger partial charge < -0.3 is 10.6 Å². The molecule has 0 bridgehead atoms. The van der Waals surface area contributed by atoms with E-state index in [9.17, 15) is 0 Å². The second-order valence-corrected chi connectivity index (χ2v) is 7.53. The van der Waals surface area contributed by atoms with E-state index in [2.05, 4.69) is 45.2 Å². The van der Waals surface area contributed by atoms with Crippen molar-refractivity contribution in [2.75, 3.05) is 39.0 Å². The maximum atomic E-state index is 6.00. The van der Waals surface area contributed by atoms with Gasteiger partial charge in [0.2, 0.25) is 0 Å². The van der Waals surface area contributed by atoms with Gasteiger partial charge in [-0.3, -0.25) is 10.00 Å². The molecular formula is C17H22N6S. The number of fused-ring (bicyclic) bond motifs is 1. The minimum Gasteiger partial charge on any atom is -0.383 e. The molecule has 1 aromatic carbocycles. The number of nitrogen functional groups attached to an aromatic ring is 1. The fourth-order valence-electron chi connectivity index (χ4n) is 3.16. The molecule has 126 valence electrons. The van der Waals surface area contributed by atoms with Gasteiger partial charge in [-0.2, -0.15) is 5.10 Å². The first-order valence-corrected chi connectivity index (χ1v) is 9.03. The standard InChI is InChI=1S/C17H22N6S/c1-11-15(16(18)21-20-11)17-19-13-4-3-12(9-14(13)24-17)10-23-7-5-22(2)6-8-23/h3-4,9H,5-8,10H2,1-2H3,(H3,18,20,21). The lowest BCUT2D eigenvalue weighted by molar-refractivity contribution is 0.148. The maximum Gasteiger partial charge on any atom is 0.130 e. The smallest absolute Gasteiger partial charge is 0.130 e. The zero-order valence-electron chi connectivity index (χ0n) is 14.0. The van der Waals surface area contributed by atoms with Crippen molar-refractivity contribution in [3.05, 3.63) is 29.5 Å². The molecule has 0 amide bonds. The third kappa shape index (κ3) is 2.90. The Morgan fingerprint density at radius 2 is 2.04 bits per heavy atom. The number of anilines is 1. The molecule has 0 aliphatic carbocycles. The van der Waals surface area contributed by atoms with Crippen LogP contribution in [0.4, 0.5) is 5.82 Å². The zero-order valence-corrected chi connectivity index (χ0v) is 14.9. The molecule has 2 aromatic heterocycles. The van der Waals surface area contributed by atoms with Crippen molar-refractivity contribution >= 4 is 27.4 Å². The normalized spacial score (nSPS) is 16.9. The van der Waals surface area contributed by atoms with Gasteiger partial charge in [-0.25, -0.2) is 4.98 Å². The summed E-state index contributed by atoms with van der Waals surface area (Å²) in [5.74, 6) is 0.587. The lowest BCUT2D eigenvalue weighted by Gasteiger charge is -2.32. The third-order valence-corrected chi connectivity index (χ3v) is 5.68. The first kappa shape index (κ1) is 15.6. The number of hydrogen-bond donors (Lipinski definition) is 2. The van der Waals surface area contributed by atoms with Crippen molar-refractivity contribution in [1.29, 1.82) is 0 Å². The van der Waals surface area contributed by atoms with Gasteiger partial charge in [-0.1, -0.05) is 6.07 Å². The Hall–Kier alpha value is -1.96. The van der Waals surface area contributed by atoms with Gasteiger partial charge in [0.15, 0.2) is 0 Å². The Labute approximate surface area is 145 Å². The second kappa shape index (κ2) is 6.16. The summed E-state index contributed by atoms with van der Waals surface area (Å²) < 4.78 is 1.21.